The first kappa shape index (κ1) is 22.1. The second-order valence-corrected chi connectivity index (χ2v) is 9.44. The van der Waals surface area contributed by atoms with Gasteiger partial charge in [0.2, 0.25) is 0 Å². The highest BCUT2D eigenvalue weighted by molar-refractivity contribution is 6.46. The van der Waals surface area contributed by atoms with Gasteiger partial charge in [-0.05, 0) is 53.9 Å². The van der Waals surface area contributed by atoms with Crippen LogP contribution in [-0.4, -0.2) is 18.2 Å². The first-order valence-corrected chi connectivity index (χ1v) is 11.8. The number of hydrogen-bond donors (Lipinski definition) is 1. The molecule has 0 radical (unpaired) electrons. The minimum atomic E-state index is -0.229. The molecule has 3 aromatic rings. The second kappa shape index (κ2) is 8.90. The lowest BCUT2D eigenvalue weighted by Crippen LogP contribution is -2.50. The fourth-order valence-corrected chi connectivity index (χ4v) is 5.04. The Bertz CT molecular complexity index is 1240. The Hall–Kier alpha value is -2.73. The summed E-state index contributed by atoms with van der Waals surface area (Å²) in [4.78, 5) is 14.0. The highest BCUT2D eigenvalue weighted by Gasteiger charge is 2.39. The number of para-hydroxylation sites is 1. The summed E-state index contributed by atoms with van der Waals surface area (Å²) < 4.78 is 0. The summed E-state index contributed by atoms with van der Waals surface area (Å²) in [6, 6.07) is 20.7. The van der Waals surface area contributed by atoms with Crippen molar-refractivity contribution in [3.05, 3.63) is 92.9 Å². The van der Waals surface area contributed by atoms with Crippen molar-refractivity contribution < 1.29 is 4.79 Å². The predicted octanol–water partition coefficient (Wildman–Crippen LogP) is 6.29. The number of amides is 1. The number of rotatable bonds is 4. The van der Waals surface area contributed by atoms with Gasteiger partial charge in [0.05, 0.1) is 22.4 Å². The second-order valence-electron chi connectivity index (χ2n) is 8.16. The lowest BCUT2D eigenvalue weighted by Gasteiger charge is -2.35. The lowest BCUT2D eigenvalue weighted by molar-refractivity contribution is -0.112. The van der Waals surface area contributed by atoms with Crippen molar-refractivity contribution in [1.29, 1.82) is 0 Å². The van der Waals surface area contributed by atoms with Crippen LogP contribution in [0, 0.1) is 5.92 Å². The maximum absolute atomic E-state index is 14.0. The number of halogens is 3. The molecule has 5 nitrogen and oxygen atoms in total. The summed E-state index contributed by atoms with van der Waals surface area (Å²) >= 11 is 18.8. The molecule has 0 unspecified atom stereocenters. The Morgan fingerprint density at radius 2 is 1.76 bits per heavy atom. The Morgan fingerprint density at radius 1 is 1.03 bits per heavy atom. The van der Waals surface area contributed by atoms with Crippen LogP contribution in [0.15, 0.2) is 71.8 Å². The van der Waals surface area contributed by atoms with Gasteiger partial charge in [-0.25, -0.2) is 5.01 Å². The molecule has 8 heteroatoms. The largest absolute Gasteiger partial charge is 0.301 e. The molecule has 3 aromatic carbocycles. The molecule has 0 aromatic heterocycles. The smallest absolute Gasteiger partial charge is 0.293 e. The lowest BCUT2D eigenvalue weighted by atomic mass is 9.92. The molecule has 33 heavy (non-hydrogen) atoms. The van der Waals surface area contributed by atoms with E-state index in [1.807, 2.05) is 54.4 Å². The highest BCUT2D eigenvalue weighted by Crippen LogP contribution is 2.37. The summed E-state index contributed by atoms with van der Waals surface area (Å²) in [7, 11) is 0. The molecule has 0 fully saturated rings. The molecule has 1 amide bonds. The van der Waals surface area contributed by atoms with Gasteiger partial charge in [0.25, 0.3) is 5.91 Å². The van der Waals surface area contributed by atoms with E-state index >= 15 is 0 Å². The highest BCUT2D eigenvalue weighted by atomic mass is 35.5. The summed E-state index contributed by atoms with van der Waals surface area (Å²) in [5.41, 5.74) is 7.31. The number of fused-ring (bicyclic) bond motifs is 1. The first-order valence-electron chi connectivity index (χ1n) is 10.7. The van der Waals surface area contributed by atoms with E-state index in [2.05, 4.69) is 16.6 Å². The van der Waals surface area contributed by atoms with Crippen molar-refractivity contribution in [2.45, 2.75) is 19.4 Å². The van der Waals surface area contributed by atoms with E-state index in [-0.39, 0.29) is 17.9 Å². The summed E-state index contributed by atoms with van der Waals surface area (Å²) in [6.45, 7) is 2.65. The van der Waals surface area contributed by atoms with Crippen molar-refractivity contribution in [3.63, 3.8) is 0 Å². The predicted molar refractivity (Wildman–Crippen MR) is 135 cm³/mol. The number of nitrogens with one attached hydrogen (secondary N) is 1. The fourth-order valence-electron chi connectivity index (χ4n) is 4.43. The van der Waals surface area contributed by atoms with Gasteiger partial charge in [-0.15, -0.1) is 0 Å². The van der Waals surface area contributed by atoms with Gasteiger partial charge in [-0.3, -0.25) is 9.80 Å². The molecule has 0 spiro atoms. The van der Waals surface area contributed by atoms with Crippen LogP contribution < -0.4 is 15.4 Å². The van der Waals surface area contributed by atoms with Crippen LogP contribution in [0.2, 0.25) is 15.1 Å². The summed E-state index contributed by atoms with van der Waals surface area (Å²) in [5.74, 6) is -0.391. The van der Waals surface area contributed by atoms with Gasteiger partial charge < -0.3 is 5.43 Å². The third-order valence-corrected chi connectivity index (χ3v) is 6.93. The van der Waals surface area contributed by atoms with E-state index in [4.69, 9.17) is 34.8 Å². The van der Waals surface area contributed by atoms with Gasteiger partial charge in [-0.1, -0.05) is 72.1 Å². The Morgan fingerprint density at radius 3 is 2.52 bits per heavy atom. The van der Waals surface area contributed by atoms with E-state index in [0.29, 0.717) is 33.0 Å². The number of anilines is 2. The average Bonchev–Trinajstić information content (AvgIpc) is 3.40. The molecular weight excluding hydrogens is 479 g/mol. The monoisotopic (exact) mass is 498 g/mol. The number of benzene rings is 3. The van der Waals surface area contributed by atoms with Gasteiger partial charge in [-0.2, -0.15) is 5.10 Å². The summed E-state index contributed by atoms with van der Waals surface area (Å²) in [5, 5.41) is 9.64. The molecular formula is C25H21Cl3N4O. The molecule has 0 aliphatic carbocycles. The third kappa shape index (κ3) is 4.05. The van der Waals surface area contributed by atoms with Crippen molar-refractivity contribution in [2.75, 3.05) is 16.6 Å². The minimum Gasteiger partial charge on any atom is -0.301 e. The normalized spacial score (nSPS) is 19.2. The van der Waals surface area contributed by atoms with Crippen LogP contribution in [-0.2, 0) is 11.2 Å². The molecule has 0 saturated heterocycles. The zero-order chi connectivity index (χ0) is 23.1. The maximum atomic E-state index is 14.0. The number of nitrogens with zero attached hydrogens (tertiary/aromatic N) is 3. The molecule has 5 rings (SSSR count). The quantitative estimate of drug-likeness (QED) is 0.459. The van der Waals surface area contributed by atoms with Crippen molar-refractivity contribution in [3.8, 4) is 0 Å². The Balaban J connectivity index is 1.52. The van der Waals surface area contributed by atoms with Crippen LogP contribution in [0.4, 0.5) is 11.4 Å². The maximum Gasteiger partial charge on any atom is 0.293 e. The first-order chi connectivity index (χ1) is 15.9. The number of hydrazine groups is 1. The SMILES string of the molecule is C[C@@H]1C(C(=O)N(c2ccc(Cl)cc2Cl)N2CCc3ccccc32)=NN[C@@H]1c1ccc(Cl)cc1. The van der Waals surface area contributed by atoms with Crippen LogP contribution in [0.25, 0.3) is 0 Å². The molecule has 2 aliphatic rings. The summed E-state index contributed by atoms with van der Waals surface area (Å²) in [6.07, 6.45) is 0.832. The molecule has 2 heterocycles. The van der Waals surface area contributed by atoms with E-state index < -0.39 is 0 Å². The van der Waals surface area contributed by atoms with Gasteiger partial charge >= 0.3 is 0 Å². The number of carbonyl (C=O) groups is 1. The third-order valence-electron chi connectivity index (χ3n) is 6.14. The van der Waals surface area contributed by atoms with Gasteiger partial charge in [0, 0.05) is 22.5 Å². The van der Waals surface area contributed by atoms with Crippen molar-refractivity contribution in [1.82, 2.24) is 5.43 Å². The van der Waals surface area contributed by atoms with Gasteiger partial charge in [0.15, 0.2) is 0 Å². The molecule has 2 aliphatic heterocycles. The molecule has 0 bridgehead atoms. The standard InChI is InChI=1S/C25H21Cl3N4O/c1-15-23(17-6-8-18(26)9-7-17)29-30-24(15)25(33)32(22-11-10-19(27)14-20(22)28)31-13-12-16-4-2-3-5-21(16)31/h2-11,14-15,23,29H,12-13H2,1H3/t15-,23-/m0/s1. The molecule has 168 valence electrons. The Labute approximate surface area is 207 Å². The average molecular weight is 500 g/mol. The van der Waals surface area contributed by atoms with E-state index in [1.165, 1.54) is 5.56 Å². The number of carbonyl (C=O) groups excluding carboxylic acids is 1. The fraction of sp³-hybridized carbons (Fsp3) is 0.200. The van der Waals surface area contributed by atoms with Crippen LogP contribution >= 0.6 is 34.8 Å². The van der Waals surface area contributed by atoms with Crippen LogP contribution in [0.3, 0.4) is 0 Å². The molecule has 0 saturated carbocycles. The van der Waals surface area contributed by atoms with E-state index in [0.717, 1.165) is 17.7 Å². The number of hydrazone groups is 1. The molecule has 2 atom stereocenters. The van der Waals surface area contributed by atoms with Gasteiger partial charge in [0.1, 0.15) is 5.71 Å². The van der Waals surface area contributed by atoms with Crippen LogP contribution in [0.1, 0.15) is 24.1 Å². The minimum absolute atomic E-state index is 0.130. The van der Waals surface area contributed by atoms with Crippen molar-refractivity contribution >= 4 is 57.8 Å². The van der Waals surface area contributed by atoms with E-state index in [1.54, 1.807) is 23.2 Å². The topological polar surface area (TPSA) is 47.9 Å². The number of hydrogen-bond acceptors (Lipinski definition) is 4. The Kier molecular flexibility index (Phi) is 5.95. The zero-order valence-corrected chi connectivity index (χ0v) is 20.1. The van der Waals surface area contributed by atoms with E-state index in [9.17, 15) is 4.79 Å². The van der Waals surface area contributed by atoms with Crippen LogP contribution in [0.5, 0.6) is 0 Å². The zero-order valence-electron chi connectivity index (χ0n) is 17.8. The molecule has 1 N–H and O–H groups in total. The van der Waals surface area contributed by atoms with Crippen molar-refractivity contribution in [2.24, 2.45) is 11.0 Å².